The summed E-state index contributed by atoms with van der Waals surface area (Å²) < 4.78 is 6.28. The van der Waals surface area contributed by atoms with Crippen molar-refractivity contribution in [2.45, 2.75) is 0 Å². The predicted molar refractivity (Wildman–Crippen MR) is 253 cm³/mol. The molecule has 0 spiro atoms. The highest BCUT2D eigenvalue weighted by Gasteiger charge is 2.19. The van der Waals surface area contributed by atoms with Crippen LogP contribution in [-0.2, 0) is 0 Å². The number of rotatable bonds is 8. The van der Waals surface area contributed by atoms with E-state index in [-0.39, 0.29) is 0 Å². The molecule has 0 aliphatic heterocycles. The minimum absolute atomic E-state index is 0.701. The Balaban J connectivity index is 1.08. The Morgan fingerprint density at radius 1 is 0.262 bits per heavy atom. The van der Waals surface area contributed by atoms with Crippen molar-refractivity contribution in [3.8, 4) is 89.5 Å². The number of nitrogens with zero attached hydrogens (tertiary/aromatic N) is 2. The molecule has 11 aromatic rings. The summed E-state index contributed by atoms with van der Waals surface area (Å²) in [5, 5.41) is 2.22. The van der Waals surface area contributed by atoms with Crippen LogP contribution >= 0.6 is 0 Å². The molecule has 0 saturated carbocycles. The fourth-order valence-corrected chi connectivity index (χ4v) is 8.50. The van der Waals surface area contributed by atoms with Gasteiger partial charge in [-0.2, -0.15) is 0 Å². The Hall–Kier alpha value is -8.14. The molecule has 0 aliphatic rings. The zero-order chi connectivity index (χ0) is 40.5. The molecule has 2 heterocycles. The van der Waals surface area contributed by atoms with Crippen LogP contribution in [0.3, 0.4) is 0 Å². The Kier molecular flexibility index (Phi) is 9.18. The fraction of sp³-hybridized carbons (Fsp3) is 0. The van der Waals surface area contributed by atoms with Gasteiger partial charge in [-0.15, -0.1) is 0 Å². The molecule has 0 atom stereocenters. The van der Waals surface area contributed by atoms with E-state index in [0.29, 0.717) is 5.82 Å². The summed E-state index contributed by atoms with van der Waals surface area (Å²) in [5.41, 5.74) is 18.1. The quantitative estimate of drug-likeness (QED) is 0.154. The lowest BCUT2D eigenvalue weighted by molar-refractivity contribution is 0.669. The van der Waals surface area contributed by atoms with Gasteiger partial charge in [-0.05, 0) is 104 Å². The largest absolute Gasteiger partial charge is 0.456 e. The van der Waals surface area contributed by atoms with Crippen molar-refractivity contribution >= 4 is 21.9 Å². The van der Waals surface area contributed by atoms with Crippen LogP contribution in [0.15, 0.2) is 235 Å². The second-order valence-corrected chi connectivity index (χ2v) is 15.3. The molecular formula is C58H38N2O. The number of fused-ring (bicyclic) bond motifs is 3. The van der Waals surface area contributed by atoms with E-state index in [1.54, 1.807) is 0 Å². The van der Waals surface area contributed by atoms with Gasteiger partial charge >= 0.3 is 0 Å². The molecule has 0 aliphatic carbocycles. The topological polar surface area (TPSA) is 38.9 Å². The van der Waals surface area contributed by atoms with Crippen LogP contribution in [-0.4, -0.2) is 9.97 Å². The molecule has 9 aromatic carbocycles. The van der Waals surface area contributed by atoms with Gasteiger partial charge in [-0.25, -0.2) is 9.97 Å². The predicted octanol–water partition coefficient (Wildman–Crippen LogP) is 15.7. The van der Waals surface area contributed by atoms with Crippen LogP contribution in [0.5, 0.6) is 0 Å². The van der Waals surface area contributed by atoms with E-state index < -0.39 is 0 Å². The van der Waals surface area contributed by atoms with Gasteiger partial charge in [0.15, 0.2) is 5.82 Å². The summed E-state index contributed by atoms with van der Waals surface area (Å²) in [4.78, 5) is 10.2. The van der Waals surface area contributed by atoms with Crippen molar-refractivity contribution < 1.29 is 4.42 Å². The molecular weight excluding hydrogens is 741 g/mol. The molecule has 0 amide bonds. The molecule has 3 nitrogen and oxygen atoms in total. The lowest BCUT2D eigenvalue weighted by Gasteiger charge is -2.20. The van der Waals surface area contributed by atoms with Crippen molar-refractivity contribution in [1.29, 1.82) is 0 Å². The molecule has 3 heteroatoms. The van der Waals surface area contributed by atoms with Gasteiger partial charge in [-0.1, -0.05) is 182 Å². The number of hydrogen-bond donors (Lipinski definition) is 0. The van der Waals surface area contributed by atoms with Crippen molar-refractivity contribution in [2.75, 3.05) is 0 Å². The summed E-state index contributed by atoms with van der Waals surface area (Å²) in [6.07, 6.45) is 0. The molecule has 0 bridgehead atoms. The monoisotopic (exact) mass is 778 g/mol. The average molecular weight is 779 g/mol. The lowest BCUT2D eigenvalue weighted by Crippen LogP contribution is -1.96. The maximum absolute atomic E-state index is 6.28. The number of furan rings is 1. The van der Waals surface area contributed by atoms with E-state index in [1.165, 1.54) is 5.56 Å². The first kappa shape index (κ1) is 36.0. The fourth-order valence-electron chi connectivity index (χ4n) is 8.50. The molecule has 0 saturated heterocycles. The Morgan fingerprint density at radius 3 is 1.41 bits per heavy atom. The van der Waals surface area contributed by atoms with Crippen LogP contribution in [0, 0.1) is 0 Å². The third-order valence-electron chi connectivity index (χ3n) is 11.5. The minimum atomic E-state index is 0.701. The third kappa shape index (κ3) is 6.98. The second kappa shape index (κ2) is 15.6. The molecule has 11 rings (SSSR count). The van der Waals surface area contributed by atoms with Crippen molar-refractivity contribution in [3.63, 3.8) is 0 Å². The van der Waals surface area contributed by atoms with Crippen LogP contribution in [0.25, 0.3) is 111 Å². The summed E-state index contributed by atoms with van der Waals surface area (Å²) in [5.74, 6) is 0.701. The number of hydrogen-bond acceptors (Lipinski definition) is 3. The maximum Gasteiger partial charge on any atom is 0.160 e. The molecule has 0 N–H and O–H groups in total. The number of benzene rings is 9. The summed E-state index contributed by atoms with van der Waals surface area (Å²) in [7, 11) is 0. The number of para-hydroxylation sites is 1. The van der Waals surface area contributed by atoms with Gasteiger partial charge < -0.3 is 4.42 Å². The highest BCUT2D eigenvalue weighted by Crippen LogP contribution is 2.45. The SMILES string of the molecule is c1ccc(-c2cc(-c3cccc(-c4cccc(-c5cc(-c6ccccc6)nc(-c6ccccc6)n5)c4)c3)c(-c3ccccc3)c(-c3ccc4oc5ccccc5c4c3)c2)cc1. The van der Waals surface area contributed by atoms with E-state index in [1.807, 2.05) is 36.4 Å². The maximum atomic E-state index is 6.28. The van der Waals surface area contributed by atoms with Crippen LogP contribution in [0.4, 0.5) is 0 Å². The van der Waals surface area contributed by atoms with Gasteiger partial charge in [0, 0.05) is 27.5 Å². The Labute approximate surface area is 354 Å². The van der Waals surface area contributed by atoms with E-state index in [2.05, 4.69) is 194 Å². The first-order valence-corrected chi connectivity index (χ1v) is 20.6. The van der Waals surface area contributed by atoms with E-state index in [4.69, 9.17) is 14.4 Å². The zero-order valence-corrected chi connectivity index (χ0v) is 33.2. The van der Waals surface area contributed by atoms with Crippen molar-refractivity contribution in [3.05, 3.63) is 231 Å². The first-order valence-electron chi connectivity index (χ1n) is 20.6. The Bertz CT molecular complexity index is 3280. The molecule has 61 heavy (non-hydrogen) atoms. The molecule has 0 fully saturated rings. The van der Waals surface area contributed by atoms with E-state index in [9.17, 15) is 0 Å². The number of aromatic nitrogens is 2. The van der Waals surface area contributed by atoms with Gasteiger partial charge in [-0.3, -0.25) is 0 Å². The summed E-state index contributed by atoms with van der Waals surface area (Å²) in [6.45, 7) is 0. The van der Waals surface area contributed by atoms with E-state index in [0.717, 1.165) is 100 Å². The molecule has 0 radical (unpaired) electrons. The first-order chi connectivity index (χ1) is 30.2. The minimum Gasteiger partial charge on any atom is -0.456 e. The zero-order valence-electron chi connectivity index (χ0n) is 33.2. The Morgan fingerprint density at radius 2 is 0.738 bits per heavy atom. The van der Waals surface area contributed by atoms with Gasteiger partial charge in [0.25, 0.3) is 0 Å². The van der Waals surface area contributed by atoms with Crippen LogP contribution in [0.2, 0.25) is 0 Å². The van der Waals surface area contributed by atoms with Gasteiger partial charge in [0.05, 0.1) is 11.4 Å². The lowest BCUT2D eigenvalue weighted by atomic mass is 9.84. The standard InChI is InChI=1S/C58H38N2O/c1-5-17-39(18-6-1)48-36-50(57(41-21-9-3-10-22-41)51(37-48)46-31-32-56-52(35-46)49-29-13-14-30-55(49)61-56)45-27-15-25-43(33-45)44-26-16-28-47(34-44)54-38-53(40-19-7-2-8-20-40)59-58(60-54)42-23-11-4-12-24-42/h1-38H. The van der Waals surface area contributed by atoms with Crippen molar-refractivity contribution in [1.82, 2.24) is 9.97 Å². The third-order valence-corrected chi connectivity index (χ3v) is 11.5. The highest BCUT2D eigenvalue weighted by molar-refractivity contribution is 6.08. The average Bonchev–Trinajstić information content (AvgIpc) is 3.73. The second-order valence-electron chi connectivity index (χ2n) is 15.3. The van der Waals surface area contributed by atoms with Gasteiger partial charge in [0.1, 0.15) is 11.2 Å². The van der Waals surface area contributed by atoms with E-state index >= 15 is 0 Å². The summed E-state index contributed by atoms with van der Waals surface area (Å²) in [6, 6.07) is 81.4. The highest BCUT2D eigenvalue weighted by atomic mass is 16.3. The molecule has 2 aromatic heterocycles. The normalized spacial score (nSPS) is 11.3. The van der Waals surface area contributed by atoms with Crippen LogP contribution in [0.1, 0.15) is 0 Å². The van der Waals surface area contributed by atoms with Crippen LogP contribution < -0.4 is 0 Å². The van der Waals surface area contributed by atoms with Crippen molar-refractivity contribution in [2.24, 2.45) is 0 Å². The smallest absolute Gasteiger partial charge is 0.160 e. The molecule has 0 unspecified atom stereocenters. The van der Waals surface area contributed by atoms with Gasteiger partial charge in [0.2, 0.25) is 0 Å². The summed E-state index contributed by atoms with van der Waals surface area (Å²) >= 11 is 0. The molecule has 286 valence electrons.